The molecule has 1 aromatic heterocycles. The summed E-state index contributed by atoms with van der Waals surface area (Å²) in [6.07, 6.45) is 0. The lowest BCUT2D eigenvalue weighted by Gasteiger charge is -2.10. The Kier molecular flexibility index (Phi) is 6.06. The number of carbonyl (C=O) groups is 3. The Morgan fingerprint density at radius 2 is 1.75 bits per heavy atom. The fourth-order valence-electron chi connectivity index (χ4n) is 2.66. The van der Waals surface area contributed by atoms with E-state index in [-0.39, 0.29) is 23.9 Å². The lowest BCUT2D eigenvalue weighted by atomic mass is 10.1. The molecule has 3 rings (SSSR count). The van der Waals surface area contributed by atoms with Gasteiger partial charge in [0.15, 0.2) is 6.61 Å². The first-order valence-corrected chi connectivity index (χ1v) is 9.40. The van der Waals surface area contributed by atoms with Crippen molar-refractivity contribution in [3.8, 4) is 5.75 Å². The van der Waals surface area contributed by atoms with Gasteiger partial charge in [-0.05, 0) is 35.0 Å². The first-order valence-electron chi connectivity index (χ1n) is 8.58. The molecule has 0 radical (unpaired) electrons. The van der Waals surface area contributed by atoms with E-state index < -0.39 is 5.97 Å². The monoisotopic (exact) mass is 397 g/mol. The van der Waals surface area contributed by atoms with Crippen molar-refractivity contribution in [3.05, 3.63) is 63.8 Å². The minimum absolute atomic E-state index is 0.139. The molecule has 7 heteroatoms. The first-order chi connectivity index (χ1) is 13.5. The number of rotatable bonds is 7. The summed E-state index contributed by atoms with van der Waals surface area (Å²) >= 11 is 1.26. The van der Waals surface area contributed by atoms with Crippen LogP contribution in [0.1, 0.15) is 31.8 Å². The van der Waals surface area contributed by atoms with Gasteiger partial charge >= 0.3 is 5.97 Å². The maximum atomic E-state index is 12.5. The summed E-state index contributed by atoms with van der Waals surface area (Å²) in [6, 6.07) is 14.5. The van der Waals surface area contributed by atoms with Crippen LogP contribution in [-0.2, 0) is 16.1 Å². The highest BCUT2D eigenvalue weighted by Gasteiger charge is 2.18. The van der Waals surface area contributed by atoms with Crippen LogP contribution >= 0.6 is 11.3 Å². The second kappa shape index (κ2) is 8.67. The minimum Gasteiger partial charge on any atom is -0.496 e. The number of fused-ring (bicyclic) bond motifs is 1. The third kappa shape index (κ3) is 4.55. The van der Waals surface area contributed by atoms with Crippen molar-refractivity contribution in [3.63, 3.8) is 0 Å². The lowest BCUT2D eigenvalue weighted by Crippen LogP contribution is -2.18. The van der Waals surface area contributed by atoms with Gasteiger partial charge in [0.25, 0.3) is 0 Å². The quantitative estimate of drug-likeness (QED) is 0.487. The molecule has 1 N–H and O–H groups in total. The second-order valence-corrected chi connectivity index (χ2v) is 7.24. The summed E-state index contributed by atoms with van der Waals surface area (Å²) in [5.74, 6) is -0.664. The molecule has 0 saturated heterocycles. The van der Waals surface area contributed by atoms with Crippen molar-refractivity contribution in [1.29, 1.82) is 0 Å². The van der Waals surface area contributed by atoms with Gasteiger partial charge < -0.3 is 14.8 Å². The largest absolute Gasteiger partial charge is 0.496 e. The van der Waals surface area contributed by atoms with Gasteiger partial charge in [-0.3, -0.25) is 9.59 Å². The van der Waals surface area contributed by atoms with Crippen LogP contribution in [0, 0.1) is 0 Å². The summed E-state index contributed by atoms with van der Waals surface area (Å²) < 4.78 is 10.5. The van der Waals surface area contributed by atoms with Crippen molar-refractivity contribution in [2.75, 3.05) is 13.7 Å². The molecule has 3 aromatic rings. The molecule has 0 bridgehead atoms. The average molecular weight is 397 g/mol. The second-order valence-electron chi connectivity index (χ2n) is 6.07. The standard InChI is InChI=1S/C21H19NO5S/c1-13(23)22-11-16-7-8-20(28-16)18(24)12-27-21(25)17-9-14-5-3-4-6-15(14)10-19(17)26-2/h3-10H,11-12H2,1-2H3,(H,22,23). The smallest absolute Gasteiger partial charge is 0.342 e. The van der Waals surface area contributed by atoms with Crippen molar-refractivity contribution < 1.29 is 23.9 Å². The van der Waals surface area contributed by atoms with E-state index in [2.05, 4.69) is 5.32 Å². The third-order valence-corrected chi connectivity index (χ3v) is 5.20. The molecule has 0 aliphatic heterocycles. The fourth-order valence-corrected chi connectivity index (χ4v) is 3.53. The zero-order valence-electron chi connectivity index (χ0n) is 15.5. The SMILES string of the molecule is COc1cc2ccccc2cc1C(=O)OCC(=O)c1ccc(CNC(C)=O)s1. The van der Waals surface area contributed by atoms with Gasteiger partial charge in [0, 0.05) is 11.8 Å². The molecule has 0 unspecified atom stereocenters. The van der Waals surface area contributed by atoms with Gasteiger partial charge in [-0.2, -0.15) is 0 Å². The zero-order chi connectivity index (χ0) is 20.1. The Labute approximate surface area is 166 Å². The number of carbonyl (C=O) groups excluding carboxylic acids is 3. The van der Waals surface area contributed by atoms with Crippen molar-refractivity contribution in [1.82, 2.24) is 5.32 Å². The number of benzene rings is 2. The number of thiophene rings is 1. The molecule has 0 spiro atoms. The number of esters is 1. The van der Waals surface area contributed by atoms with Gasteiger partial charge in [-0.15, -0.1) is 11.3 Å². The molecule has 1 heterocycles. The van der Waals surface area contributed by atoms with Crippen LogP contribution in [0.15, 0.2) is 48.5 Å². The number of hydrogen-bond donors (Lipinski definition) is 1. The van der Waals surface area contributed by atoms with E-state index in [1.54, 1.807) is 24.3 Å². The summed E-state index contributed by atoms with van der Waals surface area (Å²) in [5.41, 5.74) is 0.270. The molecular formula is C21H19NO5S. The van der Waals surface area contributed by atoms with E-state index in [1.165, 1.54) is 25.4 Å². The molecule has 144 valence electrons. The maximum Gasteiger partial charge on any atom is 0.342 e. The normalized spacial score (nSPS) is 10.5. The van der Waals surface area contributed by atoms with Crippen LogP contribution in [0.4, 0.5) is 0 Å². The van der Waals surface area contributed by atoms with Gasteiger partial charge in [0.05, 0.1) is 18.5 Å². The minimum atomic E-state index is -0.619. The molecule has 2 aromatic carbocycles. The predicted octanol–water partition coefficient (Wildman–Crippen LogP) is 3.59. The number of hydrogen-bond acceptors (Lipinski definition) is 6. The van der Waals surface area contributed by atoms with E-state index in [9.17, 15) is 14.4 Å². The third-order valence-electron chi connectivity index (χ3n) is 4.07. The van der Waals surface area contributed by atoms with E-state index in [1.807, 2.05) is 24.3 Å². The Morgan fingerprint density at radius 1 is 1.04 bits per heavy atom. The fraction of sp³-hybridized carbons (Fsp3) is 0.190. The van der Waals surface area contributed by atoms with Crippen molar-refractivity contribution in [2.45, 2.75) is 13.5 Å². The van der Waals surface area contributed by atoms with Crippen LogP contribution in [-0.4, -0.2) is 31.4 Å². The summed E-state index contributed by atoms with van der Waals surface area (Å²) in [7, 11) is 1.48. The van der Waals surface area contributed by atoms with Crippen molar-refractivity contribution in [2.24, 2.45) is 0 Å². The van der Waals surface area contributed by atoms with Crippen LogP contribution in [0.25, 0.3) is 10.8 Å². The number of ketones is 1. The van der Waals surface area contributed by atoms with Gasteiger partial charge in [-0.1, -0.05) is 24.3 Å². The number of nitrogens with one attached hydrogen (secondary N) is 1. The number of methoxy groups -OCH3 is 1. The highest BCUT2D eigenvalue weighted by atomic mass is 32.1. The molecule has 0 aliphatic rings. The molecule has 6 nitrogen and oxygen atoms in total. The predicted molar refractivity (Wildman–Crippen MR) is 107 cm³/mol. The summed E-state index contributed by atoms with van der Waals surface area (Å²) in [6.45, 7) is 1.43. The Hall–Kier alpha value is -3.19. The van der Waals surface area contributed by atoms with E-state index >= 15 is 0 Å². The Morgan fingerprint density at radius 3 is 2.43 bits per heavy atom. The molecule has 0 saturated carbocycles. The molecular weight excluding hydrogens is 378 g/mol. The van der Waals surface area contributed by atoms with Gasteiger partial charge in [0.2, 0.25) is 11.7 Å². The van der Waals surface area contributed by atoms with Crippen LogP contribution < -0.4 is 10.1 Å². The summed E-state index contributed by atoms with van der Waals surface area (Å²) in [4.78, 5) is 37.1. The van der Waals surface area contributed by atoms with Crippen LogP contribution in [0.3, 0.4) is 0 Å². The molecule has 28 heavy (non-hydrogen) atoms. The lowest BCUT2D eigenvalue weighted by molar-refractivity contribution is -0.119. The first kappa shape index (κ1) is 19.6. The zero-order valence-corrected chi connectivity index (χ0v) is 16.3. The highest BCUT2D eigenvalue weighted by molar-refractivity contribution is 7.14. The van der Waals surface area contributed by atoms with Gasteiger partial charge in [-0.25, -0.2) is 4.79 Å². The number of amides is 1. The van der Waals surface area contributed by atoms with Crippen LogP contribution in [0.5, 0.6) is 5.75 Å². The van der Waals surface area contributed by atoms with E-state index in [4.69, 9.17) is 9.47 Å². The van der Waals surface area contributed by atoms with E-state index in [0.29, 0.717) is 17.2 Å². The van der Waals surface area contributed by atoms with Gasteiger partial charge in [0.1, 0.15) is 11.3 Å². The topological polar surface area (TPSA) is 81.7 Å². The molecule has 0 fully saturated rings. The maximum absolute atomic E-state index is 12.5. The Bertz CT molecular complexity index is 1040. The molecule has 0 atom stereocenters. The number of Topliss-reactive ketones (excluding diaryl/α,β-unsaturated/α-hetero) is 1. The van der Waals surface area contributed by atoms with E-state index in [0.717, 1.165) is 15.6 Å². The molecule has 1 amide bonds. The van der Waals surface area contributed by atoms with Crippen LogP contribution in [0.2, 0.25) is 0 Å². The average Bonchev–Trinajstić information content (AvgIpc) is 3.18. The molecule has 0 aliphatic carbocycles. The highest BCUT2D eigenvalue weighted by Crippen LogP contribution is 2.26. The summed E-state index contributed by atoms with van der Waals surface area (Å²) in [5, 5.41) is 4.49. The Balaban J connectivity index is 1.67. The number of ether oxygens (including phenoxy) is 2. The van der Waals surface area contributed by atoms with Crippen molar-refractivity contribution >= 4 is 39.8 Å².